The highest BCUT2D eigenvalue weighted by molar-refractivity contribution is 5.94. The average molecular weight is 251 g/mol. The summed E-state index contributed by atoms with van der Waals surface area (Å²) >= 11 is 0. The molecule has 0 aliphatic carbocycles. The van der Waals surface area contributed by atoms with Crippen LogP contribution >= 0.6 is 0 Å². The summed E-state index contributed by atoms with van der Waals surface area (Å²) in [7, 11) is 2.51. The fraction of sp³-hybridized carbons (Fsp3) is 0.385. The first-order valence-electron chi connectivity index (χ1n) is 5.63. The normalized spacial score (nSPS) is 9.94. The van der Waals surface area contributed by atoms with Crippen LogP contribution in [0.4, 0.5) is 5.69 Å². The molecule has 0 saturated heterocycles. The largest absolute Gasteiger partial charge is 0.468 e. The monoisotopic (exact) mass is 251 g/mol. The maximum absolute atomic E-state index is 11.4. The highest BCUT2D eigenvalue weighted by Gasteiger charge is 2.27. The van der Waals surface area contributed by atoms with E-state index in [0.29, 0.717) is 13.0 Å². The van der Waals surface area contributed by atoms with Gasteiger partial charge in [-0.2, -0.15) is 0 Å². The number of hydrogen-bond donors (Lipinski definition) is 1. The number of ether oxygens (including phenoxy) is 2. The summed E-state index contributed by atoms with van der Waals surface area (Å²) in [5, 5.41) is 3.12. The first-order chi connectivity index (χ1) is 8.69. The summed E-state index contributed by atoms with van der Waals surface area (Å²) in [5.74, 6) is -2.02. The zero-order valence-corrected chi connectivity index (χ0v) is 10.5. The quantitative estimate of drug-likeness (QED) is 0.612. The minimum absolute atomic E-state index is 0.328. The van der Waals surface area contributed by atoms with E-state index < -0.39 is 17.9 Å². The van der Waals surface area contributed by atoms with Crippen LogP contribution in [0.5, 0.6) is 0 Å². The summed E-state index contributed by atoms with van der Waals surface area (Å²) < 4.78 is 9.14. The molecule has 98 valence electrons. The van der Waals surface area contributed by atoms with Crippen molar-refractivity contribution in [3.63, 3.8) is 0 Å². The smallest absolute Gasteiger partial charge is 0.320 e. The minimum atomic E-state index is -0.879. The van der Waals surface area contributed by atoms with Gasteiger partial charge in [0.25, 0.3) is 0 Å². The molecule has 1 rings (SSSR count). The SMILES string of the molecule is COC(=O)C(CCNc1ccccc1)C(=O)OC. The first kappa shape index (κ1) is 14.0. The van der Waals surface area contributed by atoms with Gasteiger partial charge in [-0.3, -0.25) is 9.59 Å². The lowest BCUT2D eigenvalue weighted by atomic mass is 10.1. The topological polar surface area (TPSA) is 64.6 Å². The van der Waals surface area contributed by atoms with Crippen molar-refractivity contribution in [1.29, 1.82) is 0 Å². The van der Waals surface area contributed by atoms with Crippen LogP contribution in [0.2, 0.25) is 0 Å². The van der Waals surface area contributed by atoms with E-state index in [1.165, 1.54) is 14.2 Å². The van der Waals surface area contributed by atoms with Gasteiger partial charge in [0, 0.05) is 12.2 Å². The number of para-hydroxylation sites is 1. The highest BCUT2D eigenvalue weighted by atomic mass is 16.5. The number of carbonyl (C=O) groups excluding carboxylic acids is 2. The van der Waals surface area contributed by atoms with Crippen LogP contribution < -0.4 is 5.32 Å². The Bertz CT molecular complexity index is 375. The summed E-state index contributed by atoms with van der Waals surface area (Å²) in [5.41, 5.74) is 0.936. The molecule has 0 heterocycles. The van der Waals surface area contributed by atoms with Gasteiger partial charge in [0.05, 0.1) is 14.2 Å². The van der Waals surface area contributed by atoms with Gasteiger partial charge in [-0.25, -0.2) is 0 Å². The Hall–Kier alpha value is -2.04. The van der Waals surface area contributed by atoms with Gasteiger partial charge in [-0.1, -0.05) is 18.2 Å². The lowest BCUT2D eigenvalue weighted by molar-refractivity contribution is -0.158. The van der Waals surface area contributed by atoms with Gasteiger partial charge in [0.2, 0.25) is 0 Å². The van der Waals surface area contributed by atoms with E-state index in [4.69, 9.17) is 0 Å². The van der Waals surface area contributed by atoms with Gasteiger partial charge in [0.15, 0.2) is 5.92 Å². The number of benzene rings is 1. The molecule has 1 aromatic carbocycles. The number of hydrogen-bond acceptors (Lipinski definition) is 5. The fourth-order valence-corrected chi connectivity index (χ4v) is 1.53. The molecule has 0 spiro atoms. The molecule has 1 N–H and O–H groups in total. The van der Waals surface area contributed by atoms with Crippen molar-refractivity contribution in [2.45, 2.75) is 6.42 Å². The molecule has 0 fully saturated rings. The Morgan fingerprint density at radius 2 is 1.67 bits per heavy atom. The van der Waals surface area contributed by atoms with Gasteiger partial charge in [0.1, 0.15) is 0 Å². The molecule has 5 heteroatoms. The zero-order valence-electron chi connectivity index (χ0n) is 10.5. The lowest BCUT2D eigenvalue weighted by Crippen LogP contribution is -2.28. The van der Waals surface area contributed by atoms with E-state index >= 15 is 0 Å². The molecule has 5 nitrogen and oxygen atoms in total. The second-order valence-electron chi connectivity index (χ2n) is 3.68. The van der Waals surface area contributed by atoms with Crippen LogP contribution in [0.1, 0.15) is 6.42 Å². The van der Waals surface area contributed by atoms with E-state index in [1.807, 2.05) is 30.3 Å². The molecule has 0 aliphatic rings. The van der Waals surface area contributed by atoms with E-state index in [2.05, 4.69) is 14.8 Å². The number of methoxy groups -OCH3 is 2. The number of nitrogens with one attached hydrogen (secondary N) is 1. The van der Waals surface area contributed by atoms with Crippen LogP contribution in [0.25, 0.3) is 0 Å². The standard InChI is InChI=1S/C13H17NO4/c1-17-12(15)11(13(16)18-2)8-9-14-10-6-4-3-5-7-10/h3-7,11,14H,8-9H2,1-2H3. The zero-order chi connectivity index (χ0) is 13.4. The van der Waals surface area contributed by atoms with Crippen molar-refractivity contribution < 1.29 is 19.1 Å². The van der Waals surface area contributed by atoms with Crippen molar-refractivity contribution in [2.75, 3.05) is 26.1 Å². The molecule has 0 amide bonds. The Morgan fingerprint density at radius 1 is 1.11 bits per heavy atom. The summed E-state index contributed by atoms with van der Waals surface area (Å²) in [6.07, 6.45) is 0.328. The van der Waals surface area contributed by atoms with Gasteiger partial charge in [-0.15, -0.1) is 0 Å². The predicted octanol–water partition coefficient (Wildman–Crippen LogP) is 1.45. The minimum Gasteiger partial charge on any atom is -0.468 e. The Morgan fingerprint density at radius 3 is 2.17 bits per heavy atom. The molecule has 18 heavy (non-hydrogen) atoms. The van der Waals surface area contributed by atoms with Crippen molar-refractivity contribution >= 4 is 17.6 Å². The van der Waals surface area contributed by atoms with Crippen LogP contribution in [-0.2, 0) is 19.1 Å². The predicted molar refractivity (Wildman–Crippen MR) is 67.1 cm³/mol. The fourth-order valence-electron chi connectivity index (χ4n) is 1.53. The van der Waals surface area contributed by atoms with Crippen LogP contribution in [0, 0.1) is 5.92 Å². The van der Waals surface area contributed by atoms with Gasteiger partial charge < -0.3 is 14.8 Å². The first-order valence-corrected chi connectivity index (χ1v) is 5.63. The summed E-state index contributed by atoms with van der Waals surface area (Å²) in [6, 6.07) is 9.54. The second-order valence-corrected chi connectivity index (χ2v) is 3.68. The molecule has 0 unspecified atom stereocenters. The second kappa shape index (κ2) is 7.32. The summed E-state index contributed by atoms with van der Waals surface area (Å²) in [6.45, 7) is 0.485. The van der Waals surface area contributed by atoms with Crippen LogP contribution in [0.15, 0.2) is 30.3 Å². The molecule has 0 saturated carbocycles. The molecule has 0 atom stereocenters. The maximum Gasteiger partial charge on any atom is 0.320 e. The Kier molecular flexibility index (Phi) is 5.70. The van der Waals surface area contributed by atoms with E-state index in [9.17, 15) is 9.59 Å². The lowest BCUT2D eigenvalue weighted by Gasteiger charge is -2.13. The van der Waals surface area contributed by atoms with E-state index in [1.54, 1.807) is 0 Å². The van der Waals surface area contributed by atoms with Crippen LogP contribution in [0.3, 0.4) is 0 Å². The van der Waals surface area contributed by atoms with Crippen molar-refractivity contribution in [3.05, 3.63) is 30.3 Å². The van der Waals surface area contributed by atoms with E-state index in [0.717, 1.165) is 5.69 Å². The molecule has 0 aromatic heterocycles. The van der Waals surface area contributed by atoms with Crippen LogP contribution in [-0.4, -0.2) is 32.7 Å². The maximum atomic E-state index is 11.4. The number of rotatable bonds is 6. The Labute approximate surface area is 106 Å². The van der Waals surface area contributed by atoms with Gasteiger partial charge >= 0.3 is 11.9 Å². The molecule has 1 aromatic rings. The third kappa shape index (κ3) is 4.08. The van der Waals surface area contributed by atoms with E-state index in [-0.39, 0.29) is 0 Å². The third-order valence-corrected chi connectivity index (χ3v) is 2.51. The highest BCUT2D eigenvalue weighted by Crippen LogP contribution is 2.10. The summed E-state index contributed by atoms with van der Waals surface area (Å²) in [4.78, 5) is 22.8. The van der Waals surface area contributed by atoms with Gasteiger partial charge in [-0.05, 0) is 18.6 Å². The molecular formula is C13H17NO4. The van der Waals surface area contributed by atoms with Crippen molar-refractivity contribution in [2.24, 2.45) is 5.92 Å². The molecule has 0 bridgehead atoms. The number of anilines is 1. The van der Waals surface area contributed by atoms with Crippen molar-refractivity contribution in [1.82, 2.24) is 0 Å². The van der Waals surface area contributed by atoms with Crippen molar-refractivity contribution in [3.8, 4) is 0 Å². The third-order valence-electron chi connectivity index (χ3n) is 2.51. The molecule has 0 radical (unpaired) electrons. The molecule has 0 aliphatic heterocycles. The average Bonchev–Trinajstić information content (AvgIpc) is 2.43. The Balaban J connectivity index is 2.47. The molecular weight excluding hydrogens is 234 g/mol. The number of carbonyl (C=O) groups is 2. The number of esters is 2.